The highest BCUT2D eigenvalue weighted by Gasteiger charge is 2.56. The van der Waals surface area contributed by atoms with Crippen molar-refractivity contribution < 1.29 is 18.8 Å². The van der Waals surface area contributed by atoms with Crippen molar-refractivity contribution in [1.82, 2.24) is 9.80 Å². The fourth-order valence-electron chi connectivity index (χ4n) is 5.86. The summed E-state index contributed by atoms with van der Waals surface area (Å²) in [4.78, 5) is 45.6. The van der Waals surface area contributed by atoms with Gasteiger partial charge in [0.1, 0.15) is 5.82 Å². The quantitative estimate of drug-likeness (QED) is 0.582. The van der Waals surface area contributed by atoms with Gasteiger partial charge in [-0.1, -0.05) is 54.8 Å². The van der Waals surface area contributed by atoms with E-state index in [-0.39, 0.29) is 36.3 Å². The van der Waals surface area contributed by atoms with Crippen molar-refractivity contribution in [3.8, 4) is 0 Å². The summed E-state index contributed by atoms with van der Waals surface area (Å²) in [5.74, 6) is -1.52. The average molecular weight is 498 g/mol. The predicted molar refractivity (Wildman–Crippen MR) is 132 cm³/mol. The van der Waals surface area contributed by atoms with Crippen LogP contribution in [0.15, 0.2) is 48.5 Å². The Hall–Kier alpha value is -2.93. The van der Waals surface area contributed by atoms with Crippen LogP contribution in [-0.2, 0) is 19.8 Å². The third kappa shape index (κ3) is 4.31. The van der Waals surface area contributed by atoms with E-state index in [0.717, 1.165) is 31.4 Å². The number of halogens is 2. The van der Waals surface area contributed by atoms with Crippen LogP contribution in [0.4, 0.5) is 10.1 Å². The van der Waals surface area contributed by atoms with Crippen LogP contribution in [-0.4, -0.2) is 59.7 Å². The maximum absolute atomic E-state index is 15.0. The SMILES string of the molecule is O=C(C[C@@]1(c2ccccc2F)CC(=O)N(C2CCCC2)C1=O)N1CCN(c2ccccc2Cl)CC1. The van der Waals surface area contributed by atoms with Crippen LogP contribution in [0.2, 0.25) is 5.02 Å². The predicted octanol–water partition coefficient (Wildman–Crippen LogP) is 4.16. The van der Waals surface area contributed by atoms with Gasteiger partial charge in [0.05, 0.1) is 16.1 Å². The first-order valence-electron chi connectivity index (χ1n) is 12.3. The van der Waals surface area contributed by atoms with Crippen LogP contribution in [0.1, 0.15) is 44.1 Å². The molecular weight excluding hydrogens is 469 g/mol. The molecule has 2 heterocycles. The maximum atomic E-state index is 15.0. The van der Waals surface area contributed by atoms with E-state index >= 15 is 4.39 Å². The summed E-state index contributed by atoms with van der Waals surface area (Å²) in [6.45, 7) is 2.13. The van der Waals surface area contributed by atoms with Gasteiger partial charge in [-0.25, -0.2) is 4.39 Å². The van der Waals surface area contributed by atoms with E-state index in [1.165, 1.54) is 11.0 Å². The third-order valence-corrected chi connectivity index (χ3v) is 8.03. The van der Waals surface area contributed by atoms with E-state index in [0.29, 0.717) is 31.2 Å². The molecule has 0 bridgehead atoms. The normalized spacial score (nSPS) is 23.4. The number of carbonyl (C=O) groups excluding carboxylic acids is 3. The van der Waals surface area contributed by atoms with Crippen LogP contribution < -0.4 is 4.90 Å². The Morgan fingerprint density at radius 2 is 1.63 bits per heavy atom. The van der Waals surface area contributed by atoms with Gasteiger partial charge in [-0.05, 0) is 31.0 Å². The van der Waals surface area contributed by atoms with Crippen molar-refractivity contribution in [1.29, 1.82) is 0 Å². The lowest BCUT2D eigenvalue weighted by Gasteiger charge is -2.38. The number of piperazine rings is 1. The number of rotatable bonds is 5. The molecule has 184 valence electrons. The minimum absolute atomic E-state index is 0.141. The molecule has 3 amide bonds. The van der Waals surface area contributed by atoms with Gasteiger partial charge in [-0.15, -0.1) is 0 Å². The van der Waals surface area contributed by atoms with E-state index in [9.17, 15) is 14.4 Å². The minimum atomic E-state index is -1.50. The molecule has 35 heavy (non-hydrogen) atoms. The number of nitrogens with zero attached hydrogens (tertiary/aromatic N) is 3. The van der Waals surface area contributed by atoms with Crippen LogP contribution in [0.5, 0.6) is 0 Å². The average Bonchev–Trinajstić information content (AvgIpc) is 3.46. The van der Waals surface area contributed by atoms with Crippen molar-refractivity contribution in [3.63, 3.8) is 0 Å². The van der Waals surface area contributed by atoms with Crippen LogP contribution in [0.3, 0.4) is 0 Å². The van der Waals surface area contributed by atoms with Gasteiger partial charge >= 0.3 is 0 Å². The lowest BCUT2D eigenvalue weighted by molar-refractivity contribution is -0.144. The number of hydrogen-bond donors (Lipinski definition) is 0. The van der Waals surface area contributed by atoms with Gasteiger partial charge in [0.15, 0.2) is 0 Å². The highest BCUT2D eigenvalue weighted by atomic mass is 35.5. The largest absolute Gasteiger partial charge is 0.367 e. The van der Waals surface area contributed by atoms with Gasteiger partial charge in [-0.3, -0.25) is 19.3 Å². The van der Waals surface area contributed by atoms with Crippen molar-refractivity contribution in [2.24, 2.45) is 0 Å². The van der Waals surface area contributed by atoms with Gasteiger partial charge in [0.2, 0.25) is 17.7 Å². The second-order valence-corrected chi connectivity index (χ2v) is 10.1. The van der Waals surface area contributed by atoms with Crippen LogP contribution >= 0.6 is 11.6 Å². The molecule has 3 aliphatic rings. The van der Waals surface area contributed by atoms with E-state index in [1.807, 2.05) is 24.3 Å². The number of amides is 3. The number of anilines is 1. The molecule has 6 nitrogen and oxygen atoms in total. The molecular formula is C27H29ClFN3O3. The molecule has 1 aliphatic carbocycles. The van der Waals surface area contributed by atoms with Crippen LogP contribution in [0.25, 0.3) is 0 Å². The fourth-order valence-corrected chi connectivity index (χ4v) is 6.12. The lowest BCUT2D eigenvalue weighted by Crippen LogP contribution is -2.51. The summed E-state index contributed by atoms with van der Waals surface area (Å²) in [7, 11) is 0. The molecule has 2 saturated heterocycles. The van der Waals surface area contributed by atoms with E-state index in [2.05, 4.69) is 4.90 Å². The molecule has 1 atom stereocenters. The molecule has 0 spiro atoms. The highest BCUT2D eigenvalue weighted by Crippen LogP contribution is 2.44. The molecule has 3 fully saturated rings. The Morgan fingerprint density at radius 1 is 0.971 bits per heavy atom. The zero-order valence-electron chi connectivity index (χ0n) is 19.6. The topological polar surface area (TPSA) is 60.9 Å². The highest BCUT2D eigenvalue weighted by molar-refractivity contribution is 6.33. The van der Waals surface area contributed by atoms with E-state index in [4.69, 9.17) is 11.6 Å². The fraction of sp³-hybridized carbons (Fsp3) is 0.444. The second-order valence-electron chi connectivity index (χ2n) is 9.74. The first kappa shape index (κ1) is 23.8. The van der Waals surface area contributed by atoms with Gasteiger partial charge in [0.25, 0.3) is 0 Å². The molecule has 0 aromatic heterocycles. The summed E-state index contributed by atoms with van der Waals surface area (Å²) < 4.78 is 15.0. The molecule has 2 aromatic carbocycles. The monoisotopic (exact) mass is 497 g/mol. The second kappa shape index (κ2) is 9.61. The summed E-state index contributed by atoms with van der Waals surface area (Å²) in [5, 5.41) is 0.660. The number of benzene rings is 2. The molecule has 1 saturated carbocycles. The Balaban J connectivity index is 1.38. The third-order valence-electron chi connectivity index (χ3n) is 7.71. The first-order chi connectivity index (χ1) is 16.9. The Bertz CT molecular complexity index is 1140. The Kier molecular flexibility index (Phi) is 6.53. The number of imide groups is 1. The summed E-state index contributed by atoms with van der Waals surface area (Å²) >= 11 is 6.34. The zero-order valence-corrected chi connectivity index (χ0v) is 20.3. The number of hydrogen-bond acceptors (Lipinski definition) is 4. The summed E-state index contributed by atoms with van der Waals surface area (Å²) in [6.07, 6.45) is 3.07. The zero-order chi connectivity index (χ0) is 24.6. The summed E-state index contributed by atoms with van der Waals surface area (Å²) in [6, 6.07) is 13.5. The van der Waals surface area contributed by atoms with Gasteiger partial charge < -0.3 is 9.80 Å². The number of carbonyl (C=O) groups is 3. The van der Waals surface area contributed by atoms with Crippen molar-refractivity contribution in [2.45, 2.75) is 50.0 Å². The van der Waals surface area contributed by atoms with E-state index < -0.39 is 17.1 Å². The van der Waals surface area contributed by atoms with Crippen molar-refractivity contribution >= 4 is 35.0 Å². The molecule has 8 heteroatoms. The van der Waals surface area contributed by atoms with Crippen molar-refractivity contribution in [3.05, 3.63) is 64.9 Å². The molecule has 0 unspecified atom stereocenters. The standard InChI is InChI=1S/C27H29ClFN3O3/c28-21-10-4-6-12-23(21)30-13-15-31(16-14-30)24(33)17-27(20-9-3-5-11-22(20)29)18-25(34)32(26(27)35)19-7-1-2-8-19/h3-6,9-12,19H,1-2,7-8,13-18H2/t27-/m0/s1. The van der Waals surface area contributed by atoms with E-state index in [1.54, 1.807) is 23.1 Å². The Labute approximate surface area is 209 Å². The van der Waals surface area contributed by atoms with Gasteiger partial charge in [0, 0.05) is 50.6 Å². The smallest absolute Gasteiger partial charge is 0.241 e. The maximum Gasteiger partial charge on any atom is 0.241 e. The van der Waals surface area contributed by atoms with Gasteiger partial charge in [-0.2, -0.15) is 0 Å². The molecule has 0 radical (unpaired) electrons. The first-order valence-corrected chi connectivity index (χ1v) is 12.7. The minimum Gasteiger partial charge on any atom is -0.367 e. The molecule has 0 N–H and O–H groups in total. The number of likely N-dealkylation sites (tertiary alicyclic amines) is 1. The molecule has 5 rings (SSSR count). The Morgan fingerprint density at radius 3 is 2.31 bits per heavy atom. The molecule has 2 aromatic rings. The lowest BCUT2D eigenvalue weighted by atomic mass is 9.75. The van der Waals surface area contributed by atoms with Crippen molar-refractivity contribution in [2.75, 3.05) is 31.1 Å². The number of para-hydroxylation sites is 1. The van der Waals surface area contributed by atoms with Crippen LogP contribution in [0, 0.1) is 5.82 Å². The summed E-state index contributed by atoms with van der Waals surface area (Å²) in [5.41, 5.74) is -0.433. The molecule has 2 aliphatic heterocycles.